The van der Waals surface area contributed by atoms with E-state index in [-0.39, 0.29) is 42.1 Å². The zero-order valence-corrected chi connectivity index (χ0v) is 15.5. The molecule has 25 heavy (non-hydrogen) atoms. The lowest BCUT2D eigenvalue weighted by Crippen LogP contribution is -2.42. The van der Waals surface area contributed by atoms with Crippen molar-refractivity contribution >= 4 is 29.5 Å². The average molecular weight is 373 g/mol. The predicted octanol–water partition coefficient (Wildman–Crippen LogP) is -0.511. The largest absolute Gasteiger partial charge is 0.351 e. The SMILES string of the molecule is CCCCC(CN)NC(=O)Cn1cnc2c1c(=O)n(C)c(=O)n2C.Cl. The van der Waals surface area contributed by atoms with Gasteiger partial charge in [-0.2, -0.15) is 0 Å². The molecule has 0 aliphatic heterocycles. The molecule has 0 radical (unpaired) electrons. The standard InChI is InChI=1S/C15H24N6O3.ClH/c1-4-5-6-10(7-16)18-11(22)8-21-9-17-13-12(21)14(23)20(3)15(24)19(13)2;/h9-10H,4-8,16H2,1-3H3,(H,18,22);1H. The summed E-state index contributed by atoms with van der Waals surface area (Å²) >= 11 is 0. The number of carbonyl (C=O) groups excluding carboxylic acids is 1. The third-order valence-corrected chi connectivity index (χ3v) is 4.09. The summed E-state index contributed by atoms with van der Waals surface area (Å²) in [6.45, 7) is 2.40. The molecule has 0 aliphatic rings. The summed E-state index contributed by atoms with van der Waals surface area (Å²) in [6, 6.07) is -0.0839. The average Bonchev–Trinajstić information content (AvgIpc) is 2.98. The molecule has 0 aliphatic carbocycles. The summed E-state index contributed by atoms with van der Waals surface area (Å²) in [6.07, 6.45) is 4.23. The molecule has 2 aromatic rings. The summed E-state index contributed by atoms with van der Waals surface area (Å²) in [5.74, 6) is -0.239. The third-order valence-electron chi connectivity index (χ3n) is 4.09. The predicted molar refractivity (Wildman–Crippen MR) is 98.0 cm³/mol. The van der Waals surface area contributed by atoms with Crippen molar-refractivity contribution in [2.75, 3.05) is 6.54 Å². The van der Waals surface area contributed by atoms with Crippen LogP contribution in [-0.4, -0.2) is 37.2 Å². The number of hydrogen-bond acceptors (Lipinski definition) is 5. The molecule has 0 saturated carbocycles. The molecule has 0 bridgehead atoms. The second kappa shape index (κ2) is 8.82. The first-order valence-electron chi connectivity index (χ1n) is 8.01. The minimum atomic E-state index is -0.472. The van der Waals surface area contributed by atoms with Crippen molar-refractivity contribution in [3.8, 4) is 0 Å². The monoisotopic (exact) mass is 372 g/mol. The second-order valence-corrected chi connectivity index (χ2v) is 5.89. The Morgan fingerprint density at radius 1 is 1.32 bits per heavy atom. The first-order chi connectivity index (χ1) is 11.4. The number of halogens is 1. The van der Waals surface area contributed by atoms with Crippen LogP contribution in [-0.2, 0) is 25.4 Å². The molecular weight excluding hydrogens is 348 g/mol. The summed E-state index contributed by atoms with van der Waals surface area (Å²) in [5, 5.41) is 2.87. The first-order valence-corrected chi connectivity index (χ1v) is 8.01. The molecule has 0 aromatic carbocycles. The smallest absolute Gasteiger partial charge is 0.332 e. The number of nitrogens with zero attached hydrogens (tertiary/aromatic N) is 4. The van der Waals surface area contributed by atoms with Gasteiger partial charge in [0.2, 0.25) is 5.91 Å². The van der Waals surface area contributed by atoms with Crippen LogP contribution < -0.4 is 22.3 Å². The number of unbranched alkanes of at least 4 members (excludes halogenated alkanes) is 1. The number of fused-ring (bicyclic) bond motifs is 1. The van der Waals surface area contributed by atoms with E-state index in [9.17, 15) is 14.4 Å². The molecule has 1 unspecified atom stereocenters. The van der Waals surface area contributed by atoms with Gasteiger partial charge in [-0.3, -0.25) is 18.7 Å². The van der Waals surface area contributed by atoms with E-state index < -0.39 is 11.2 Å². The van der Waals surface area contributed by atoms with Gasteiger partial charge in [0.25, 0.3) is 5.56 Å². The minimum Gasteiger partial charge on any atom is -0.351 e. The fourth-order valence-corrected chi connectivity index (χ4v) is 2.64. The summed E-state index contributed by atoms with van der Waals surface area (Å²) < 4.78 is 3.75. The van der Waals surface area contributed by atoms with Gasteiger partial charge in [0, 0.05) is 26.7 Å². The molecule has 3 N–H and O–H groups in total. The maximum absolute atomic E-state index is 12.3. The lowest BCUT2D eigenvalue weighted by atomic mass is 10.1. The Morgan fingerprint density at radius 2 is 2.00 bits per heavy atom. The Hall–Kier alpha value is -2.13. The van der Waals surface area contributed by atoms with E-state index in [0.717, 1.165) is 23.8 Å². The maximum Gasteiger partial charge on any atom is 0.332 e. The van der Waals surface area contributed by atoms with Crippen LogP contribution in [0.1, 0.15) is 26.2 Å². The van der Waals surface area contributed by atoms with Crippen LogP contribution in [0.5, 0.6) is 0 Å². The third kappa shape index (κ3) is 4.29. The highest BCUT2D eigenvalue weighted by Gasteiger charge is 2.17. The van der Waals surface area contributed by atoms with Crippen LogP contribution >= 0.6 is 12.4 Å². The van der Waals surface area contributed by atoms with Crippen molar-refractivity contribution in [2.45, 2.75) is 38.8 Å². The van der Waals surface area contributed by atoms with Crippen molar-refractivity contribution in [3.63, 3.8) is 0 Å². The Morgan fingerprint density at radius 3 is 2.60 bits per heavy atom. The number of carbonyl (C=O) groups is 1. The van der Waals surface area contributed by atoms with E-state index in [1.165, 1.54) is 29.6 Å². The quantitative estimate of drug-likeness (QED) is 0.678. The van der Waals surface area contributed by atoms with Gasteiger partial charge in [0.15, 0.2) is 11.2 Å². The molecule has 0 saturated heterocycles. The molecule has 0 spiro atoms. The number of aromatic nitrogens is 4. The Labute approximate surface area is 151 Å². The van der Waals surface area contributed by atoms with Gasteiger partial charge in [-0.05, 0) is 6.42 Å². The van der Waals surface area contributed by atoms with Crippen molar-refractivity contribution in [1.29, 1.82) is 0 Å². The number of hydrogen-bond donors (Lipinski definition) is 2. The number of rotatable bonds is 7. The molecule has 9 nitrogen and oxygen atoms in total. The minimum absolute atomic E-state index is 0. The molecule has 2 rings (SSSR count). The van der Waals surface area contributed by atoms with E-state index in [1.54, 1.807) is 0 Å². The number of nitrogens with two attached hydrogens (primary N) is 1. The highest BCUT2D eigenvalue weighted by Crippen LogP contribution is 2.05. The highest BCUT2D eigenvalue weighted by atomic mass is 35.5. The van der Waals surface area contributed by atoms with Gasteiger partial charge in [0.1, 0.15) is 6.54 Å². The number of amides is 1. The molecule has 1 amide bonds. The van der Waals surface area contributed by atoms with E-state index in [1.807, 2.05) is 0 Å². The molecule has 0 fully saturated rings. The Bertz CT molecular complexity index is 853. The van der Waals surface area contributed by atoms with Crippen LogP contribution in [0.25, 0.3) is 11.2 Å². The maximum atomic E-state index is 12.3. The molecule has 140 valence electrons. The molecule has 2 heterocycles. The van der Waals surface area contributed by atoms with Crippen LogP contribution in [0, 0.1) is 0 Å². The van der Waals surface area contributed by atoms with Crippen molar-refractivity contribution < 1.29 is 4.79 Å². The highest BCUT2D eigenvalue weighted by molar-refractivity contribution is 5.85. The molecule has 10 heteroatoms. The van der Waals surface area contributed by atoms with E-state index in [0.29, 0.717) is 6.54 Å². The molecule has 2 aromatic heterocycles. The summed E-state index contributed by atoms with van der Waals surface area (Å²) in [4.78, 5) is 40.6. The van der Waals surface area contributed by atoms with Crippen LogP contribution in [0.2, 0.25) is 0 Å². The lowest BCUT2D eigenvalue weighted by Gasteiger charge is -2.16. The normalized spacial score (nSPS) is 12.0. The van der Waals surface area contributed by atoms with Gasteiger partial charge >= 0.3 is 5.69 Å². The zero-order chi connectivity index (χ0) is 17.9. The fourth-order valence-electron chi connectivity index (χ4n) is 2.64. The topological polar surface area (TPSA) is 117 Å². The second-order valence-electron chi connectivity index (χ2n) is 5.89. The Balaban J connectivity index is 0.00000312. The number of nitrogens with one attached hydrogen (secondary N) is 1. The zero-order valence-electron chi connectivity index (χ0n) is 14.7. The van der Waals surface area contributed by atoms with E-state index in [2.05, 4.69) is 17.2 Å². The van der Waals surface area contributed by atoms with Gasteiger partial charge in [-0.1, -0.05) is 19.8 Å². The van der Waals surface area contributed by atoms with Crippen LogP contribution in [0.15, 0.2) is 15.9 Å². The van der Waals surface area contributed by atoms with E-state index >= 15 is 0 Å². The van der Waals surface area contributed by atoms with E-state index in [4.69, 9.17) is 5.73 Å². The van der Waals surface area contributed by atoms with Crippen LogP contribution in [0.3, 0.4) is 0 Å². The van der Waals surface area contributed by atoms with Gasteiger partial charge in [-0.15, -0.1) is 12.4 Å². The number of aryl methyl sites for hydroxylation is 1. The van der Waals surface area contributed by atoms with Gasteiger partial charge in [-0.25, -0.2) is 9.78 Å². The van der Waals surface area contributed by atoms with Gasteiger partial charge in [0.05, 0.1) is 6.33 Å². The van der Waals surface area contributed by atoms with Crippen molar-refractivity contribution in [2.24, 2.45) is 19.8 Å². The van der Waals surface area contributed by atoms with Gasteiger partial charge < -0.3 is 15.6 Å². The van der Waals surface area contributed by atoms with Crippen LogP contribution in [0.4, 0.5) is 0 Å². The first kappa shape index (κ1) is 20.9. The lowest BCUT2D eigenvalue weighted by molar-refractivity contribution is -0.122. The Kier molecular flexibility index (Phi) is 7.38. The molecule has 1 atom stereocenters. The molecular formula is C15H25ClN6O3. The van der Waals surface area contributed by atoms with Crippen molar-refractivity contribution in [1.82, 2.24) is 24.0 Å². The summed E-state index contributed by atoms with van der Waals surface area (Å²) in [5.41, 5.74) is 5.25. The van der Waals surface area contributed by atoms with Crippen molar-refractivity contribution in [3.05, 3.63) is 27.2 Å². The summed E-state index contributed by atoms with van der Waals surface area (Å²) in [7, 11) is 2.94. The fraction of sp³-hybridized carbons (Fsp3) is 0.600. The number of imidazole rings is 1.